The molecule has 1 saturated heterocycles. The van der Waals surface area contributed by atoms with Gasteiger partial charge in [-0.3, -0.25) is 38.5 Å². The summed E-state index contributed by atoms with van der Waals surface area (Å²) in [5, 5.41) is 16.3. The third-order valence-corrected chi connectivity index (χ3v) is 13.4. The van der Waals surface area contributed by atoms with E-state index >= 15 is 0 Å². The van der Waals surface area contributed by atoms with Crippen molar-refractivity contribution in [2.24, 2.45) is 0 Å². The second kappa shape index (κ2) is 38.5. The molecule has 1 radical (unpaired) electrons. The molecule has 2 atom stereocenters. The van der Waals surface area contributed by atoms with Gasteiger partial charge in [0.1, 0.15) is 6.61 Å². The Morgan fingerprint density at radius 1 is 0.518 bits per heavy atom. The van der Waals surface area contributed by atoms with Crippen LogP contribution in [0.15, 0.2) is 72.8 Å². The molecule has 2 aliphatic carbocycles. The molecule has 1 heterocycles. The molecule has 23 heteroatoms. The van der Waals surface area contributed by atoms with Crippen molar-refractivity contribution in [2.45, 2.75) is 50.4 Å². The molecule has 1 aliphatic heterocycles. The number of Topliss-reactive ketones (excluding diaryl/α,β-unsaturated/α-hetero) is 2. The summed E-state index contributed by atoms with van der Waals surface area (Å²) >= 11 is 1.90. The predicted octanol–water partition coefficient (Wildman–Crippen LogP) is 7.06. The van der Waals surface area contributed by atoms with Crippen molar-refractivity contribution in [3.8, 4) is 22.3 Å². The molecular formula is C60H75IN3O18V-. The number of nitrogens with one attached hydrogen (secondary N) is 2. The molecular weight excluding hydrogens is 1230 g/mol. The van der Waals surface area contributed by atoms with Crippen LogP contribution in [0.2, 0.25) is 0 Å². The zero-order chi connectivity index (χ0) is 59.2. The number of hydrogen-bond donors (Lipinski definition) is 3. The molecule has 21 nitrogen and oxygen atoms in total. The van der Waals surface area contributed by atoms with Crippen LogP contribution in [0.4, 0.5) is 4.79 Å². The van der Waals surface area contributed by atoms with Gasteiger partial charge in [-0.15, -0.1) is 0 Å². The Kier molecular flexibility index (Phi) is 32.4. The van der Waals surface area contributed by atoms with E-state index < -0.39 is 23.9 Å². The number of nitrogens with zero attached hydrogens (tertiary/aromatic N) is 1. The van der Waals surface area contributed by atoms with Gasteiger partial charge < -0.3 is 81.0 Å². The maximum absolute atomic E-state index is 13.0. The van der Waals surface area contributed by atoms with E-state index in [9.17, 15) is 38.7 Å². The number of methoxy groups -OCH3 is 4. The standard InChI is InChI=1S/C32H38N2O11.C27H35NO7.CH2I.V/c1-40-14-16-42-12-3-4-28(35)21-5-7-23-24-8-6-22(31(38)33-11-13-43-17-15-41-2)19-26(24)27(25(23)18-21)20-44-32(39)45-34-29(36)9-10-30(34)37;1-32-12-14-34-10-3-4-26(30)19-5-7-21-22-8-6-20(17-24(22)25(18-29)23(21)16-19)27(31)28-9-11-35-15-13-33-2;1-2;/h5-8,18-19,27H,3-4,9-17,20H2,1-2H3,(H,33,38);5-8,16-17,25,29H,3-4,9-15,18H2,1-2H3,(H,28,31);1H2;/q;;-1;. The number of ether oxygens (including phenoxy) is 9. The molecule has 1 fully saturated rings. The van der Waals surface area contributed by atoms with Crippen molar-refractivity contribution in [1.82, 2.24) is 15.7 Å². The molecule has 83 heavy (non-hydrogen) atoms. The number of hydrogen-bond acceptors (Lipinski definition) is 18. The van der Waals surface area contributed by atoms with Gasteiger partial charge in [-0.05, 0) is 93.7 Å². The Labute approximate surface area is 510 Å². The summed E-state index contributed by atoms with van der Waals surface area (Å²) in [5.74, 6) is -2.61. The van der Waals surface area contributed by atoms with E-state index in [1.165, 1.54) is 0 Å². The van der Waals surface area contributed by atoms with Crippen molar-refractivity contribution in [1.29, 1.82) is 0 Å². The van der Waals surface area contributed by atoms with Gasteiger partial charge in [0.25, 0.3) is 23.6 Å². The summed E-state index contributed by atoms with van der Waals surface area (Å²) in [4.78, 5) is 95.6. The van der Waals surface area contributed by atoms with E-state index in [0.29, 0.717) is 145 Å². The first kappa shape index (κ1) is 70.0. The van der Waals surface area contributed by atoms with E-state index in [-0.39, 0.29) is 80.3 Å². The smallest absolute Gasteiger partial charge is 0.432 e. The minimum Gasteiger partial charge on any atom is -0.432 e. The van der Waals surface area contributed by atoms with Gasteiger partial charge in [0.2, 0.25) is 0 Å². The molecule has 451 valence electrons. The fourth-order valence-corrected chi connectivity index (χ4v) is 9.25. The number of rotatable bonds is 34. The molecule has 4 amide bonds. The van der Waals surface area contributed by atoms with E-state index in [1.54, 1.807) is 58.8 Å². The molecule has 3 aliphatic rings. The molecule has 4 aromatic rings. The molecule has 3 N–H and O–H groups in total. The molecule has 0 aromatic heterocycles. The molecule has 0 saturated carbocycles. The first-order valence-corrected chi connectivity index (χ1v) is 28.5. The van der Waals surface area contributed by atoms with Gasteiger partial charge in [0.05, 0.1) is 72.7 Å². The van der Waals surface area contributed by atoms with Gasteiger partial charge in [-0.1, -0.05) is 41.5 Å². The fraction of sp³-hybridized carbons (Fsp3) is 0.467. The van der Waals surface area contributed by atoms with E-state index in [2.05, 4.69) is 15.6 Å². The average Bonchev–Trinajstić information content (AvgIpc) is 3.67. The van der Waals surface area contributed by atoms with Crippen molar-refractivity contribution < 1.29 is 105 Å². The van der Waals surface area contributed by atoms with Crippen molar-refractivity contribution >= 4 is 63.9 Å². The molecule has 2 unspecified atom stereocenters. The summed E-state index contributed by atoms with van der Waals surface area (Å²) < 4.78 is 46.8. The number of halogens is 1. The maximum Gasteiger partial charge on any atom is 0.533 e. The van der Waals surface area contributed by atoms with Crippen molar-refractivity contribution in [2.75, 3.05) is 134 Å². The Morgan fingerprint density at radius 3 is 1.24 bits per heavy atom. The van der Waals surface area contributed by atoms with Crippen LogP contribution in [-0.2, 0) is 75.6 Å². The van der Waals surface area contributed by atoms with Crippen LogP contribution in [0.3, 0.4) is 0 Å². The van der Waals surface area contributed by atoms with Crippen molar-refractivity contribution in [3.05, 3.63) is 122 Å². The van der Waals surface area contributed by atoms with Gasteiger partial charge in [0, 0.05) is 133 Å². The van der Waals surface area contributed by atoms with Gasteiger partial charge in [-0.25, -0.2) is 4.79 Å². The van der Waals surface area contributed by atoms with Crippen LogP contribution in [0.25, 0.3) is 22.3 Å². The van der Waals surface area contributed by atoms with Crippen LogP contribution < -0.4 is 10.6 Å². The number of carbonyl (C=O) groups is 7. The Balaban J connectivity index is 0.000000352. The quantitative estimate of drug-likeness (QED) is 0.0106. The summed E-state index contributed by atoms with van der Waals surface area (Å²) in [5.41, 5.74) is 8.89. The second-order valence-electron chi connectivity index (χ2n) is 18.7. The Morgan fingerprint density at radius 2 is 0.867 bits per heavy atom. The zero-order valence-electron chi connectivity index (χ0n) is 47.5. The molecule has 0 spiro atoms. The Hall–Kier alpha value is -5.48. The third-order valence-electron chi connectivity index (χ3n) is 13.4. The van der Waals surface area contributed by atoms with Crippen LogP contribution in [0.1, 0.15) is 114 Å². The van der Waals surface area contributed by atoms with Gasteiger partial charge >= 0.3 is 6.16 Å². The van der Waals surface area contributed by atoms with E-state index in [4.69, 9.17) is 47.5 Å². The first-order chi connectivity index (χ1) is 39.9. The normalized spacial score (nSPS) is 14.2. The number of amides is 4. The number of aliphatic hydroxyl groups is 1. The second-order valence-corrected chi connectivity index (χ2v) is 18.7. The predicted molar refractivity (Wildman–Crippen MR) is 310 cm³/mol. The van der Waals surface area contributed by atoms with Crippen LogP contribution in [-0.4, -0.2) is 186 Å². The summed E-state index contributed by atoms with van der Waals surface area (Å²) in [6.45, 7) is 5.88. The van der Waals surface area contributed by atoms with Gasteiger partial charge in [0.15, 0.2) is 11.6 Å². The summed E-state index contributed by atoms with van der Waals surface area (Å²) in [7, 11) is 6.40. The number of fused-ring (bicyclic) bond motifs is 6. The molecule has 7 rings (SSSR count). The zero-order valence-corrected chi connectivity index (χ0v) is 51.1. The number of carbonyl (C=O) groups excluding carboxylic acids is 7. The van der Waals surface area contributed by atoms with Gasteiger partial charge in [-0.2, -0.15) is 0 Å². The molecule has 0 bridgehead atoms. The largest absolute Gasteiger partial charge is 0.533 e. The number of ketones is 2. The van der Waals surface area contributed by atoms with E-state index in [1.807, 2.05) is 65.1 Å². The topological polar surface area (TPSA) is 259 Å². The maximum atomic E-state index is 13.0. The first-order valence-electron chi connectivity index (χ1n) is 27.0. The van der Waals surface area contributed by atoms with Crippen LogP contribution in [0.5, 0.6) is 0 Å². The summed E-state index contributed by atoms with van der Waals surface area (Å²) in [6, 6.07) is 21.8. The van der Waals surface area contributed by atoms with Crippen molar-refractivity contribution in [3.63, 3.8) is 0 Å². The van der Waals surface area contributed by atoms with Crippen LogP contribution >= 0.6 is 22.6 Å². The minimum absolute atomic E-state index is 0. The van der Waals surface area contributed by atoms with Crippen LogP contribution in [0, 0.1) is 4.93 Å². The Bertz CT molecular complexity index is 2590. The number of aliphatic hydroxyl groups excluding tert-OH is 1. The minimum atomic E-state index is -1.21. The number of hydroxylamine groups is 2. The number of imide groups is 1. The number of benzene rings is 4. The average molecular weight is 1300 g/mol. The fourth-order valence-electron chi connectivity index (χ4n) is 9.25. The molecule has 4 aromatic carbocycles. The monoisotopic (exact) mass is 1300 g/mol. The summed E-state index contributed by atoms with van der Waals surface area (Å²) in [6.07, 6.45) is 0.551. The third kappa shape index (κ3) is 20.9. The SMILES string of the molecule is COCCOCCCC(=O)c1ccc2c(c1)C(CO)c1cc(C(=O)NCCOCCOC)ccc1-2.COCCOCCCC(=O)c1ccc2c(c1)C(COC(=O)ON1C(=O)CCC1=O)c1cc(C(=O)NCCOCCOC)ccc1-2.[CH2-]I.[V]. The van der Waals surface area contributed by atoms with E-state index in [0.717, 1.165) is 38.9 Å².